The van der Waals surface area contributed by atoms with Gasteiger partial charge >= 0.3 is 0 Å². The van der Waals surface area contributed by atoms with Crippen LogP contribution in [0.2, 0.25) is 0 Å². The second-order valence-electron chi connectivity index (χ2n) is 3.69. The molecule has 0 aliphatic heterocycles. The lowest BCUT2D eigenvalue weighted by Gasteiger charge is -2.06. The van der Waals surface area contributed by atoms with Crippen molar-refractivity contribution in [2.24, 2.45) is 0 Å². The Labute approximate surface area is 116 Å². The number of hydrogen-bond donors (Lipinski definition) is 2. The monoisotopic (exact) mass is 359 g/mol. The Morgan fingerprint density at radius 3 is 2.65 bits per heavy atom. The van der Waals surface area contributed by atoms with Gasteiger partial charge in [0, 0.05) is 11.8 Å². The molecule has 5 heteroatoms. The first-order valence-corrected chi connectivity index (χ1v) is 6.62. The summed E-state index contributed by atoms with van der Waals surface area (Å²) < 4.78 is 7.01. The first kappa shape index (κ1) is 12.5. The van der Waals surface area contributed by atoms with Crippen LogP contribution in [0.15, 0.2) is 37.8 Å². The Bertz CT molecular complexity index is 518. The standard InChI is InChI=1S/C12H11Br2NO2/c1-7-2-3-8(4-11(7)16)15-6-9-5-10(13)12(14)17-9/h2-5,15-16H,6H2,1H3. The van der Waals surface area contributed by atoms with Gasteiger partial charge in [0.2, 0.25) is 0 Å². The number of hydrogen-bond acceptors (Lipinski definition) is 3. The molecular weight excluding hydrogens is 350 g/mol. The third-order valence-electron chi connectivity index (χ3n) is 2.37. The number of benzene rings is 1. The van der Waals surface area contributed by atoms with Crippen molar-refractivity contribution in [3.8, 4) is 5.75 Å². The summed E-state index contributed by atoms with van der Waals surface area (Å²) in [4.78, 5) is 0. The molecule has 0 atom stereocenters. The van der Waals surface area contributed by atoms with E-state index in [1.807, 2.05) is 25.1 Å². The molecule has 2 aromatic rings. The van der Waals surface area contributed by atoms with Crippen molar-refractivity contribution >= 4 is 37.5 Å². The molecule has 0 saturated carbocycles. The Balaban J connectivity index is 2.04. The van der Waals surface area contributed by atoms with Crippen molar-refractivity contribution in [2.75, 3.05) is 5.32 Å². The SMILES string of the molecule is Cc1ccc(NCc2cc(Br)c(Br)o2)cc1O. The fraction of sp³-hybridized carbons (Fsp3) is 0.167. The minimum Gasteiger partial charge on any atom is -0.508 e. The smallest absolute Gasteiger partial charge is 0.183 e. The lowest BCUT2D eigenvalue weighted by molar-refractivity contribution is 0.471. The van der Waals surface area contributed by atoms with E-state index in [4.69, 9.17) is 4.42 Å². The maximum Gasteiger partial charge on any atom is 0.183 e. The zero-order chi connectivity index (χ0) is 12.4. The Morgan fingerprint density at radius 1 is 1.29 bits per heavy atom. The van der Waals surface area contributed by atoms with Gasteiger partial charge in [-0.2, -0.15) is 0 Å². The largest absolute Gasteiger partial charge is 0.508 e. The van der Waals surface area contributed by atoms with Crippen LogP contribution in [0.3, 0.4) is 0 Å². The first-order chi connectivity index (χ1) is 8.06. The quantitative estimate of drug-likeness (QED) is 0.850. The maximum absolute atomic E-state index is 9.57. The molecule has 1 aromatic carbocycles. The Kier molecular flexibility index (Phi) is 3.79. The van der Waals surface area contributed by atoms with Crippen molar-refractivity contribution in [3.05, 3.63) is 44.7 Å². The van der Waals surface area contributed by atoms with Gasteiger partial charge in [-0.15, -0.1) is 0 Å². The highest BCUT2D eigenvalue weighted by molar-refractivity contribution is 9.13. The molecule has 0 unspecified atom stereocenters. The molecule has 2 N–H and O–H groups in total. The van der Waals surface area contributed by atoms with E-state index >= 15 is 0 Å². The number of rotatable bonds is 3. The minimum absolute atomic E-state index is 0.289. The summed E-state index contributed by atoms with van der Waals surface area (Å²) in [5.74, 6) is 1.10. The average molecular weight is 361 g/mol. The zero-order valence-corrected chi connectivity index (χ0v) is 12.3. The van der Waals surface area contributed by atoms with E-state index in [2.05, 4.69) is 37.2 Å². The predicted octanol–water partition coefficient (Wildman–Crippen LogP) is 4.43. The third-order valence-corrected chi connectivity index (χ3v) is 4.08. The molecule has 0 saturated heterocycles. The molecule has 0 aliphatic carbocycles. The fourth-order valence-corrected chi connectivity index (χ4v) is 2.05. The second kappa shape index (κ2) is 5.14. The summed E-state index contributed by atoms with van der Waals surface area (Å²) in [6.45, 7) is 2.42. The minimum atomic E-state index is 0.289. The highest BCUT2D eigenvalue weighted by Crippen LogP contribution is 2.27. The normalized spacial score (nSPS) is 10.5. The number of phenols is 1. The zero-order valence-electron chi connectivity index (χ0n) is 9.13. The molecular formula is C12H11Br2NO2. The number of aryl methyl sites for hydroxylation is 1. The van der Waals surface area contributed by atoms with Gasteiger partial charge in [0.1, 0.15) is 11.5 Å². The Hall–Kier alpha value is -0.940. The predicted molar refractivity (Wildman–Crippen MR) is 74.3 cm³/mol. The average Bonchev–Trinajstić information content (AvgIpc) is 2.60. The van der Waals surface area contributed by atoms with Gasteiger partial charge in [-0.3, -0.25) is 0 Å². The molecule has 90 valence electrons. The first-order valence-electron chi connectivity index (χ1n) is 5.03. The van der Waals surface area contributed by atoms with Crippen LogP contribution in [0.25, 0.3) is 0 Å². The number of anilines is 1. The molecule has 0 spiro atoms. The second-order valence-corrected chi connectivity index (χ2v) is 5.26. The van der Waals surface area contributed by atoms with Gasteiger partial charge < -0.3 is 14.8 Å². The van der Waals surface area contributed by atoms with E-state index in [9.17, 15) is 5.11 Å². The molecule has 0 aliphatic rings. The lowest BCUT2D eigenvalue weighted by Crippen LogP contribution is -1.97. The highest BCUT2D eigenvalue weighted by atomic mass is 79.9. The number of furan rings is 1. The summed E-state index contributed by atoms with van der Waals surface area (Å²) >= 11 is 6.64. The van der Waals surface area contributed by atoms with Crippen LogP contribution >= 0.6 is 31.9 Å². The van der Waals surface area contributed by atoms with Crippen LogP contribution in [-0.2, 0) is 6.54 Å². The van der Waals surface area contributed by atoms with Gasteiger partial charge in [-0.05, 0) is 56.5 Å². The van der Waals surface area contributed by atoms with E-state index < -0.39 is 0 Å². The van der Waals surface area contributed by atoms with E-state index in [0.29, 0.717) is 11.2 Å². The van der Waals surface area contributed by atoms with Crippen LogP contribution in [0.5, 0.6) is 5.75 Å². The van der Waals surface area contributed by atoms with Crippen molar-refractivity contribution in [1.82, 2.24) is 0 Å². The number of halogens is 2. The van der Waals surface area contributed by atoms with Crippen LogP contribution in [0.1, 0.15) is 11.3 Å². The van der Waals surface area contributed by atoms with Gasteiger partial charge in [0.25, 0.3) is 0 Å². The molecule has 0 radical (unpaired) electrons. The van der Waals surface area contributed by atoms with Crippen LogP contribution in [0.4, 0.5) is 5.69 Å². The summed E-state index contributed by atoms with van der Waals surface area (Å²) in [7, 11) is 0. The molecule has 0 bridgehead atoms. The molecule has 3 nitrogen and oxygen atoms in total. The van der Waals surface area contributed by atoms with E-state index in [-0.39, 0.29) is 5.75 Å². The van der Waals surface area contributed by atoms with Crippen molar-refractivity contribution in [1.29, 1.82) is 0 Å². The molecule has 2 rings (SSSR count). The molecule has 1 heterocycles. The third kappa shape index (κ3) is 3.04. The van der Waals surface area contributed by atoms with E-state index in [0.717, 1.165) is 21.5 Å². The summed E-state index contributed by atoms with van der Waals surface area (Å²) in [5.41, 5.74) is 1.72. The van der Waals surface area contributed by atoms with Gasteiger partial charge in [0.15, 0.2) is 4.67 Å². The topological polar surface area (TPSA) is 45.4 Å². The van der Waals surface area contributed by atoms with Crippen molar-refractivity contribution in [3.63, 3.8) is 0 Å². The molecule has 1 aromatic heterocycles. The molecule has 0 fully saturated rings. The van der Waals surface area contributed by atoms with E-state index in [1.165, 1.54) is 0 Å². The van der Waals surface area contributed by atoms with Gasteiger partial charge in [-0.1, -0.05) is 6.07 Å². The molecule has 0 amide bonds. The fourth-order valence-electron chi connectivity index (χ4n) is 1.39. The highest BCUT2D eigenvalue weighted by Gasteiger charge is 2.06. The lowest BCUT2D eigenvalue weighted by atomic mass is 10.2. The van der Waals surface area contributed by atoms with E-state index in [1.54, 1.807) is 6.07 Å². The Morgan fingerprint density at radius 2 is 2.06 bits per heavy atom. The number of phenolic OH excluding ortho intramolecular Hbond substituents is 1. The summed E-state index contributed by atoms with van der Waals surface area (Å²) in [6.07, 6.45) is 0. The number of aromatic hydroxyl groups is 1. The maximum atomic E-state index is 9.57. The number of nitrogens with one attached hydrogen (secondary N) is 1. The van der Waals surface area contributed by atoms with Gasteiger partial charge in [0.05, 0.1) is 11.0 Å². The van der Waals surface area contributed by atoms with Crippen LogP contribution in [0, 0.1) is 6.92 Å². The van der Waals surface area contributed by atoms with Crippen LogP contribution < -0.4 is 5.32 Å². The van der Waals surface area contributed by atoms with Gasteiger partial charge in [-0.25, -0.2) is 0 Å². The molecule has 17 heavy (non-hydrogen) atoms. The van der Waals surface area contributed by atoms with Crippen molar-refractivity contribution in [2.45, 2.75) is 13.5 Å². The van der Waals surface area contributed by atoms with Crippen LogP contribution in [-0.4, -0.2) is 5.11 Å². The summed E-state index contributed by atoms with van der Waals surface area (Å²) in [6, 6.07) is 7.38. The summed E-state index contributed by atoms with van der Waals surface area (Å²) in [5, 5.41) is 12.7. The van der Waals surface area contributed by atoms with Crippen molar-refractivity contribution < 1.29 is 9.52 Å².